The Labute approximate surface area is 118 Å². The fourth-order valence-corrected chi connectivity index (χ4v) is 3.50. The summed E-state index contributed by atoms with van der Waals surface area (Å²) in [5, 5.41) is 12.9. The monoisotopic (exact) mass is 315 g/mol. The van der Waals surface area contributed by atoms with E-state index in [2.05, 4.69) is 9.88 Å². The zero-order valence-electron chi connectivity index (χ0n) is 9.95. The van der Waals surface area contributed by atoms with Gasteiger partial charge in [0.2, 0.25) is 0 Å². The maximum absolute atomic E-state index is 13.5. The lowest BCUT2D eigenvalue weighted by molar-refractivity contribution is 0.318. The Morgan fingerprint density at radius 2 is 2.15 bits per heavy atom. The first-order valence-corrected chi connectivity index (χ1v) is 7.64. The van der Waals surface area contributed by atoms with Crippen molar-refractivity contribution in [1.29, 1.82) is 0 Å². The summed E-state index contributed by atoms with van der Waals surface area (Å²) in [5.41, 5.74) is 5.22. The molecule has 9 heteroatoms. The fraction of sp³-hybridized carbons (Fsp3) is 0. The summed E-state index contributed by atoms with van der Waals surface area (Å²) in [6.45, 7) is 0. The van der Waals surface area contributed by atoms with Gasteiger partial charge in [-0.2, -0.15) is 0 Å². The van der Waals surface area contributed by atoms with Crippen molar-refractivity contribution in [2.24, 2.45) is 10.9 Å². The topological polar surface area (TPSA) is 105 Å². The van der Waals surface area contributed by atoms with Crippen LogP contribution in [0, 0.1) is 5.82 Å². The molecule has 0 aliphatic carbocycles. The molecule has 0 fully saturated rings. The number of hydrogen-bond donors (Lipinski definition) is 3. The van der Waals surface area contributed by atoms with Crippen LogP contribution in [0.1, 0.15) is 5.56 Å². The Morgan fingerprint density at radius 1 is 1.40 bits per heavy atom. The lowest BCUT2D eigenvalue weighted by Gasteiger charge is -2.08. The number of nitrogens with two attached hydrogens (primary N) is 1. The van der Waals surface area contributed by atoms with Crippen molar-refractivity contribution in [2.45, 2.75) is 4.21 Å². The van der Waals surface area contributed by atoms with Gasteiger partial charge >= 0.3 is 0 Å². The number of anilines is 1. The van der Waals surface area contributed by atoms with E-state index in [0.29, 0.717) is 0 Å². The fourth-order valence-electron chi connectivity index (χ4n) is 1.46. The number of nitrogens with zero attached hydrogens (tertiary/aromatic N) is 1. The van der Waals surface area contributed by atoms with E-state index in [1.54, 1.807) is 11.4 Å². The maximum atomic E-state index is 13.5. The number of rotatable bonds is 4. The second-order valence-corrected chi connectivity index (χ2v) is 6.57. The predicted octanol–water partition coefficient (Wildman–Crippen LogP) is 1.78. The van der Waals surface area contributed by atoms with E-state index in [1.165, 1.54) is 12.1 Å². The molecule has 0 aliphatic rings. The summed E-state index contributed by atoms with van der Waals surface area (Å²) >= 11 is 1.05. The van der Waals surface area contributed by atoms with E-state index in [1.807, 2.05) is 0 Å². The van der Waals surface area contributed by atoms with Crippen LogP contribution in [0.5, 0.6) is 0 Å². The van der Waals surface area contributed by atoms with Crippen LogP contribution >= 0.6 is 11.3 Å². The summed E-state index contributed by atoms with van der Waals surface area (Å²) in [6, 6.07) is 6.47. The molecular weight excluding hydrogens is 305 g/mol. The number of hydrogen-bond acceptors (Lipinski definition) is 5. The largest absolute Gasteiger partial charge is 0.409 e. The minimum atomic E-state index is -3.73. The first-order valence-electron chi connectivity index (χ1n) is 5.28. The molecule has 1 heterocycles. The normalized spacial score (nSPS) is 12.3. The maximum Gasteiger partial charge on any atom is 0.271 e. The molecule has 0 bridgehead atoms. The number of halogens is 1. The van der Waals surface area contributed by atoms with Gasteiger partial charge in [-0.05, 0) is 29.6 Å². The van der Waals surface area contributed by atoms with E-state index in [-0.39, 0.29) is 15.5 Å². The molecule has 1 aromatic heterocycles. The zero-order chi connectivity index (χ0) is 14.8. The highest BCUT2D eigenvalue weighted by Crippen LogP contribution is 2.21. The number of oxime groups is 1. The minimum Gasteiger partial charge on any atom is -0.409 e. The Morgan fingerprint density at radius 3 is 2.75 bits per heavy atom. The van der Waals surface area contributed by atoms with Gasteiger partial charge in [0, 0.05) is 5.69 Å². The lowest BCUT2D eigenvalue weighted by Crippen LogP contribution is -2.17. The number of amidine groups is 1. The molecule has 0 amide bonds. The van der Waals surface area contributed by atoms with Crippen LogP contribution in [0.4, 0.5) is 10.1 Å². The second kappa shape index (κ2) is 5.47. The van der Waals surface area contributed by atoms with Gasteiger partial charge in [-0.3, -0.25) is 4.72 Å². The van der Waals surface area contributed by atoms with Crippen molar-refractivity contribution in [3.05, 3.63) is 47.1 Å². The molecule has 6 nitrogen and oxygen atoms in total. The van der Waals surface area contributed by atoms with Gasteiger partial charge in [0.25, 0.3) is 10.0 Å². The van der Waals surface area contributed by atoms with Crippen molar-refractivity contribution in [1.82, 2.24) is 0 Å². The van der Waals surface area contributed by atoms with Crippen molar-refractivity contribution >= 4 is 32.9 Å². The van der Waals surface area contributed by atoms with Gasteiger partial charge in [0.1, 0.15) is 10.0 Å². The van der Waals surface area contributed by atoms with Gasteiger partial charge in [-0.1, -0.05) is 11.2 Å². The quantitative estimate of drug-likeness (QED) is 0.346. The highest BCUT2D eigenvalue weighted by Gasteiger charge is 2.16. The third-order valence-corrected chi connectivity index (χ3v) is 5.14. The molecule has 2 rings (SSSR count). The Kier molecular flexibility index (Phi) is 3.91. The summed E-state index contributed by atoms with van der Waals surface area (Å²) in [4.78, 5) is 0. The molecule has 1 aromatic carbocycles. The van der Waals surface area contributed by atoms with Crippen LogP contribution in [0.15, 0.2) is 45.1 Å². The smallest absolute Gasteiger partial charge is 0.271 e. The molecule has 106 valence electrons. The number of thiophene rings is 1. The van der Waals surface area contributed by atoms with Gasteiger partial charge in [0.15, 0.2) is 5.84 Å². The second-order valence-electron chi connectivity index (χ2n) is 3.72. The lowest BCUT2D eigenvalue weighted by atomic mass is 10.2. The van der Waals surface area contributed by atoms with Crippen LogP contribution < -0.4 is 10.5 Å². The van der Waals surface area contributed by atoms with E-state index in [0.717, 1.165) is 23.5 Å². The summed E-state index contributed by atoms with van der Waals surface area (Å²) in [7, 11) is -3.73. The van der Waals surface area contributed by atoms with Crippen molar-refractivity contribution in [3.8, 4) is 0 Å². The van der Waals surface area contributed by atoms with Crippen LogP contribution in [0.3, 0.4) is 0 Å². The minimum absolute atomic E-state index is 0.112. The summed E-state index contributed by atoms with van der Waals surface area (Å²) < 4.78 is 39.9. The molecule has 20 heavy (non-hydrogen) atoms. The molecular formula is C11H10FN3O3S2. The Bertz CT molecular complexity index is 742. The highest BCUT2D eigenvalue weighted by atomic mass is 32.2. The van der Waals surface area contributed by atoms with E-state index < -0.39 is 21.7 Å². The Balaban J connectivity index is 2.36. The summed E-state index contributed by atoms with van der Waals surface area (Å²) in [5.74, 6) is -1.17. The van der Waals surface area contributed by atoms with Crippen molar-refractivity contribution < 1.29 is 18.0 Å². The third kappa shape index (κ3) is 2.89. The average Bonchev–Trinajstić information content (AvgIpc) is 2.94. The molecule has 0 atom stereocenters. The zero-order valence-corrected chi connectivity index (χ0v) is 11.6. The highest BCUT2D eigenvalue weighted by molar-refractivity contribution is 7.94. The first-order chi connectivity index (χ1) is 9.44. The average molecular weight is 315 g/mol. The number of nitrogens with one attached hydrogen (secondary N) is 1. The molecule has 0 radical (unpaired) electrons. The molecule has 0 aliphatic heterocycles. The van der Waals surface area contributed by atoms with Crippen LogP contribution in [-0.4, -0.2) is 19.5 Å². The molecule has 2 aromatic rings. The predicted molar refractivity (Wildman–Crippen MR) is 74.0 cm³/mol. The van der Waals surface area contributed by atoms with E-state index >= 15 is 0 Å². The molecule has 0 saturated carbocycles. The van der Waals surface area contributed by atoms with Crippen molar-refractivity contribution in [3.63, 3.8) is 0 Å². The van der Waals surface area contributed by atoms with Crippen molar-refractivity contribution in [2.75, 3.05) is 4.72 Å². The molecule has 0 unspecified atom stereocenters. The van der Waals surface area contributed by atoms with Gasteiger partial charge in [-0.25, -0.2) is 12.8 Å². The van der Waals surface area contributed by atoms with Crippen LogP contribution in [0.25, 0.3) is 0 Å². The molecule has 0 saturated heterocycles. The standard InChI is InChI=1S/C11H10FN3O3S2/c12-9-4-3-7(6-8(9)11(13)14-16)15-20(17,18)10-2-1-5-19-10/h1-6,15-16H,(H2,13,14). The van der Waals surface area contributed by atoms with E-state index in [9.17, 15) is 12.8 Å². The SMILES string of the molecule is NC(=NO)c1cc(NS(=O)(=O)c2cccs2)ccc1F. The molecule has 4 N–H and O–H groups in total. The van der Waals surface area contributed by atoms with E-state index in [4.69, 9.17) is 10.9 Å². The van der Waals surface area contributed by atoms with Crippen LogP contribution in [-0.2, 0) is 10.0 Å². The number of benzene rings is 1. The van der Waals surface area contributed by atoms with Crippen LogP contribution in [0.2, 0.25) is 0 Å². The van der Waals surface area contributed by atoms with Gasteiger partial charge in [0.05, 0.1) is 5.56 Å². The molecule has 0 spiro atoms. The van der Waals surface area contributed by atoms with Gasteiger partial charge < -0.3 is 10.9 Å². The Hall–Kier alpha value is -2.13. The number of sulfonamides is 1. The summed E-state index contributed by atoms with van der Waals surface area (Å²) in [6.07, 6.45) is 0. The third-order valence-electron chi connectivity index (χ3n) is 2.36. The van der Waals surface area contributed by atoms with Gasteiger partial charge in [-0.15, -0.1) is 11.3 Å². The first kappa shape index (κ1) is 14.3.